The van der Waals surface area contributed by atoms with Crippen LogP contribution in [-0.2, 0) is 26.2 Å². The van der Waals surface area contributed by atoms with E-state index < -0.39 is 28.5 Å². The molecular weight excluding hydrogens is 546 g/mol. The highest BCUT2D eigenvalue weighted by molar-refractivity contribution is 7.92. The molecule has 0 aromatic heterocycles. The molecular formula is C31H36ClN3O4S. The van der Waals surface area contributed by atoms with Crippen LogP contribution in [-0.4, -0.2) is 43.8 Å². The van der Waals surface area contributed by atoms with Crippen LogP contribution in [0.3, 0.4) is 0 Å². The summed E-state index contributed by atoms with van der Waals surface area (Å²) in [5.41, 5.74) is 2.78. The molecule has 0 heterocycles. The number of sulfonamides is 1. The van der Waals surface area contributed by atoms with Gasteiger partial charge in [0.05, 0.1) is 10.6 Å². The molecule has 3 aromatic rings. The Morgan fingerprint density at radius 1 is 0.975 bits per heavy atom. The van der Waals surface area contributed by atoms with E-state index in [2.05, 4.69) is 5.32 Å². The maximum atomic E-state index is 14.0. The minimum Gasteiger partial charge on any atom is -0.352 e. The minimum absolute atomic E-state index is 0.0857. The molecule has 2 amide bonds. The molecule has 3 aromatic carbocycles. The molecule has 0 aliphatic heterocycles. The van der Waals surface area contributed by atoms with Gasteiger partial charge in [-0.1, -0.05) is 72.5 Å². The lowest BCUT2D eigenvalue weighted by atomic mass is 10.1. The van der Waals surface area contributed by atoms with Gasteiger partial charge in [-0.15, -0.1) is 0 Å². The number of halogens is 1. The summed E-state index contributed by atoms with van der Waals surface area (Å²) in [6.45, 7) is 5.00. The third-order valence-corrected chi connectivity index (χ3v) is 9.39. The van der Waals surface area contributed by atoms with Crippen molar-refractivity contribution in [3.05, 3.63) is 94.5 Å². The fraction of sp³-hybridized carbons (Fsp3) is 0.355. The predicted octanol–water partition coefficient (Wildman–Crippen LogP) is 5.63. The van der Waals surface area contributed by atoms with Crippen LogP contribution in [0.25, 0.3) is 0 Å². The number of para-hydroxylation sites is 1. The van der Waals surface area contributed by atoms with E-state index in [-0.39, 0.29) is 23.4 Å². The van der Waals surface area contributed by atoms with Crippen molar-refractivity contribution >= 4 is 39.1 Å². The van der Waals surface area contributed by atoms with Gasteiger partial charge < -0.3 is 10.2 Å². The summed E-state index contributed by atoms with van der Waals surface area (Å²) in [6.07, 6.45) is 3.95. The number of hydrogen-bond donors (Lipinski definition) is 1. The third kappa shape index (κ3) is 7.04. The van der Waals surface area contributed by atoms with Gasteiger partial charge in [-0.25, -0.2) is 8.42 Å². The van der Waals surface area contributed by atoms with Crippen LogP contribution in [0.1, 0.15) is 49.3 Å². The van der Waals surface area contributed by atoms with Crippen LogP contribution in [0, 0.1) is 13.8 Å². The number of hydrogen-bond acceptors (Lipinski definition) is 4. The Hall–Kier alpha value is -3.36. The van der Waals surface area contributed by atoms with Gasteiger partial charge in [0, 0.05) is 17.6 Å². The second-order valence-electron chi connectivity index (χ2n) is 10.4. The van der Waals surface area contributed by atoms with Crippen molar-refractivity contribution in [3.8, 4) is 0 Å². The summed E-state index contributed by atoms with van der Waals surface area (Å²) in [5.74, 6) is -0.751. The lowest BCUT2D eigenvalue weighted by molar-refractivity contribution is -0.139. The van der Waals surface area contributed by atoms with Gasteiger partial charge in [0.2, 0.25) is 11.8 Å². The van der Waals surface area contributed by atoms with E-state index in [4.69, 9.17) is 11.6 Å². The van der Waals surface area contributed by atoms with Crippen molar-refractivity contribution in [2.45, 2.75) is 70.0 Å². The van der Waals surface area contributed by atoms with Crippen molar-refractivity contribution in [1.82, 2.24) is 10.2 Å². The SMILES string of the molecule is Cc1ccc(S(=O)(=O)N(CC(=O)N(Cc2cccc(Cl)c2)C(C)C(=O)NC2CCCC2)c2ccccc2C)cc1. The van der Waals surface area contributed by atoms with E-state index >= 15 is 0 Å². The first-order chi connectivity index (χ1) is 19.1. The zero-order valence-electron chi connectivity index (χ0n) is 23.1. The van der Waals surface area contributed by atoms with Crippen LogP contribution < -0.4 is 9.62 Å². The summed E-state index contributed by atoms with van der Waals surface area (Å²) >= 11 is 6.21. The summed E-state index contributed by atoms with van der Waals surface area (Å²) in [5, 5.41) is 3.59. The Morgan fingerprint density at radius 3 is 2.30 bits per heavy atom. The Kier molecular flexibility index (Phi) is 9.53. The van der Waals surface area contributed by atoms with Crippen molar-refractivity contribution in [1.29, 1.82) is 0 Å². The van der Waals surface area contributed by atoms with Crippen LogP contribution in [0.15, 0.2) is 77.7 Å². The number of carbonyl (C=O) groups is 2. The number of benzene rings is 3. The van der Waals surface area contributed by atoms with Crippen molar-refractivity contribution < 1.29 is 18.0 Å². The summed E-state index contributed by atoms with van der Waals surface area (Å²) < 4.78 is 29.0. The highest BCUT2D eigenvalue weighted by atomic mass is 35.5. The molecule has 9 heteroatoms. The molecule has 7 nitrogen and oxygen atoms in total. The van der Waals surface area contributed by atoms with Gasteiger partial charge in [0.15, 0.2) is 0 Å². The van der Waals surface area contributed by atoms with E-state index in [0.717, 1.165) is 41.1 Å². The molecule has 4 rings (SSSR count). The zero-order valence-corrected chi connectivity index (χ0v) is 24.7. The predicted molar refractivity (Wildman–Crippen MR) is 159 cm³/mol. The second kappa shape index (κ2) is 12.9. The first-order valence-corrected chi connectivity index (χ1v) is 15.4. The number of carbonyl (C=O) groups excluding carboxylic acids is 2. The van der Waals surface area contributed by atoms with Gasteiger partial charge in [0.1, 0.15) is 12.6 Å². The first kappa shape index (κ1) is 29.6. The summed E-state index contributed by atoms with van der Waals surface area (Å²) in [6, 6.07) is 19.9. The lowest BCUT2D eigenvalue weighted by Gasteiger charge is -2.33. The number of nitrogens with one attached hydrogen (secondary N) is 1. The molecule has 1 aliphatic carbocycles. The van der Waals surface area contributed by atoms with Crippen molar-refractivity contribution in [3.63, 3.8) is 0 Å². The van der Waals surface area contributed by atoms with Crippen molar-refractivity contribution in [2.75, 3.05) is 10.8 Å². The number of nitrogens with zero attached hydrogens (tertiary/aromatic N) is 2. The van der Waals surface area contributed by atoms with E-state index in [9.17, 15) is 18.0 Å². The lowest BCUT2D eigenvalue weighted by Crippen LogP contribution is -2.52. The largest absolute Gasteiger partial charge is 0.352 e. The zero-order chi connectivity index (χ0) is 28.9. The van der Waals surface area contributed by atoms with Crippen LogP contribution in [0.2, 0.25) is 5.02 Å². The standard InChI is InChI=1S/C31H36ClN3O4S/c1-22-15-17-28(18-16-22)40(38,39)35(29-14-7-4-9-23(29)2)21-30(36)34(20-25-10-8-11-26(32)19-25)24(3)31(37)33-27-12-5-6-13-27/h4,7-11,14-19,24,27H,5-6,12-13,20-21H2,1-3H3,(H,33,37). The molecule has 0 radical (unpaired) electrons. The van der Waals surface area contributed by atoms with Crippen LogP contribution in [0.5, 0.6) is 0 Å². The molecule has 1 atom stereocenters. The van der Waals surface area contributed by atoms with E-state index in [1.165, 1.54) is 4.90 Å². The first-order valence-electron chi connectivity index (χ1n) is 13.6. The smallest absolute Gasteiger partial charge is 0.264 e. The average molecular weight is 582 g/mol. The van der Waals surface area contributed by atoms with E-state index in [0.29, 0.717) is 16.3 Å². The summed E-state index contributed by atoms with van der Waals surface area (Å²) in [4.78, 5) is 28.9. The number of rotatable bonds is 10. The monoisotopic (exact) mass is 581 g/mol. The van der Waals surface area contributed by atoms with Crippen molar-refractivity contribution in [2.24, 2.45) is 0 Å². The molecule has 1 aliphatic rings. The van der Waals surface area contributed by atoms with Gasteiger partial charge >= 0.3 is 0 Å². The number of aryl methyl sites for hydroxylation is 2. The molecule has 0 bridgehead atoms. The molecule has 1 unspecified atom stereocenters. The molecule has 0 spiro atoms. The number of anilines is 1. The third-order valence-electron chi connectivity index (χ3n) is 7.38. The van der Waals surface area contributed by atoms with Gasteiger partial charge in [-0.3, -0.25) is 13.9 Å². The highest BCUT2D eigenvalue weighted by Gasteiger charge is 2.33. The second-order valence-corrected chi connectivity index (χ2v) is 12.7. The normalized spacial score (nSPS) is 14.5. The molecule has 1 fully saturated rings. The number of amides is 2. The van der Waals surface area contributed by atoms with E-state index in [1.54, 1.807) is 74.5 Å². The molecule has 0 saturated heterocycles. The van der Waals surface area contributed by atoms with E-state index in [1.807, 2.05) is 19.1 Å². The molecule has 40 heavy (non-hydrogen) atoms. The molecule has 1 saturated carbocycles. The maximum absolute atomic E-state index is 14.0. The van der Waals surface area contributed by atoms with Crippen LogP contribution >= 0.6 is 11.6 Å². The van der Waals surface area contributed by atoms with Crippen LogP contribution in [0.4, 0.5) is 5.69 Å². The quantitative estimate of drug-likeness (QED) is 0.336. The van der Waals surface area contributed by atoms with Gasteiger partial charge in [-0.2, -0.15) is 0 Å². The summed E-state index contributed by atoms with van der Waals surface area (Å²) in [7, 11) is -4.10. The Morgan fingerprint density at radius 2 is 1.65 bits per heavy atom. The van der Waals surface area contributed by atoms with Gasteiger partial charge in [-0.05, 0) is 75.1 Å². The highest BCUT2D eigenvalue weighted by Crippen LogP contribution is 2.28. The Balaban J connectivity index is 1.69. The molecule has 212 valence electrons. The molecule has 1 N–H and O–H groups in total. The minimum atomic E-state index is -4.10. The average Bonchev–Trinajstić information content (AvgIpc) is 3.43. The fourth-order valence-electron chi connectivity index (χ4n) is 5.00. The Labute approximate surface area is 242 Å². The topological polar surface area (TPSA) is 86.8 Å². The Bertz CT molecular complexity index is 1450. The fourth-order valence-corrected chi connectivity index (χ4v) is 6.69. The maximum Gasteiger partial charge on any atom is 0.264 e. The van der Waals surface area contributed by atoms with Gasteiger partial charge in [0.25, 0.3) is 10.0 Å².